The molecule has 2 N–H and O–H groups in total. The van der Waals surface area contributed by atoms with Crippen LogP contribution in [0.4, 0.5) is 5.69 Å². The molecule has 0 radical (unpaired) electrons. The summed E-state index contributed by atoms with van der Waals surface area (Å²) < 4.78 is 0. The van der Waals surface area contributed by atoms with Crippen LogP contribution >= 0.6 is 0 Å². The lowest BCUT2D eigenvalue weighted by Gasteiger charge is -2.12. The second kappa shape index (κ2) is 7.17. The smallest absolute Gasteiger partial charge is 0.307 e. The molecule has 0 saturated carbocycles. The van der Waals surface area contributed by atoms with E-state index >= 15 is 0 Å². The number of anilines is 1. The molecule has 1 aliphatic rings. The van der Waals surface area contributed by atoms with Gasteiger partial charge >= 0.3 is 5.97 Å². The molecule has 2 aromatic rings. The van der Waals surface area contributed by atoms with E-state index in [2.05, 4.69) is 10.5 Å². The van der Waals surface area contributed by atoms with Crippen molar-refractivity contribution in [3.63, 3.8) is 0 Å². The number of aryl methyl sites for hydroxylation is 1. The molecule has 25 heavy (non-hydrogen) atoms. The fourth-order valence-electron chi connectivity index (χ4n) is 2.61. The second-order valence-corrected chi connectivity index (χ2v) is 5.92. The average Bonchev–Trinajstić information content (AvgIpc) is 3.07. The topological polar surface area (TPSA) is 88.0 Å². The molecule has 6 heteroatoms. The van der Waals surface area contributed by atoms with Gasteiger partial charge in [-0.25, -0.2) is 0 Å². The number of hydrogen-bond donors (Lipinski definition) is 2. The molecule has 0 fully saturated rings. The summed E-state index contributed by atoms with van der Waals surface area (Å²) in [7, 11) is 0. The molecule has 2 aromatic carbocycles. The molecule has 128 valence electrons. The van der Waals surface area contributed by atoms with Gasteiger partial charge in [0.05, 0.1) is 12.1 Å². The predicted octanol–water partition coefficient (Wildman–Crippen LogP) is 2.75. The minimum Gasteiger partial charge on any atom is -0.481 e. The Morgan fingerprint density at radius 1 is 1.20 bits per heavy atom. The molecule has 0 aromatic heterocycles. The average molecular weight is 338 g/mol. The normalized spacial score (nSPS) is 16.0. The Morgan fingerprint density at radius 2 is 1.92 bits per heavy atom. The second-order valence-electron chi connectivity index (χ2n) is 5.92. The van der Waals surface area contributed by atoms with Gasteiger partial charge in [-0.05, 0) is 24.1 Å². The summed E-state index contributed by atoms with van der Waals surface area (Å²) in [6.07, 6.45) is -0.516. The first kappa shape index (κ1) is 16.7. The highest BCUT2D eigenvalue weighted by molar-refractivity contribution is 6.06. The van der Waals surface area contributed by atoms with Crippen molar-refractivity contribution in [2.75, 3.05) is 5.32 Å². The van der Waals surface area contributed by atoms with Crippen LogP contribution in [-0.2, 0) is 20.8 Å². The molecule has 0 bridgehead atoms. The number of nitrogens with zero attached hydrogens (tertiary/aromatic N) is 1. The van der Waals surface area contributed by atoms with Crippen LogP contribution in [0.2, 0.25) is 0 Å². The molecule has 1 aliphatic heterocycles. The molecule has 3 rings (SSSR count). The van der Waals surface area contributed by atoms with Gasteiger partial charge in [0.25, 0.3) is 5.91 Å². The number of carboxylic acids is 1. The molecule has 1 amide bonds. The van der Waals surface area contributed by atoms with E-state index in [1.807, 2.05) is 31.2 Å². The number of amides is 1. The Kier molecular flexibility index (Phi) is 4.79. The molecular weight excluding hydrogens is 320 g/mol. The highest BCUT2D eigenvalue weighted by atomic mass is 16.6. The lowest BCUT2D eigenvalue weighted by atomic mass is 10.0. The summed E-state index contributed by atoms with van der Waals surface area (Å²) in [5.41, 5.74) is 3.81. The Hall–Kier alpha value is -3.15. The standard InChI is InChI=1S/C19H18N2O4/c1-12-6-8-13(9-7-12)16-11-17(25-21-16)19(24)20-15-5-3-2-4-14(15)10-18(22)23/h2-9,17H,10-11H2,1H3,(H,20,24)(H,22,23). The van der Waals surface area contributed by atoms with Crippen LogP contribution in [0.3, 0.4) is 0 Å². The van der Waals surface area contributed by atoms with E-state index in [4.69, 9.17) is 9.94 Å². The Bertz CT molecular complexity index is 828. The van der Waals surface area contributed by atoms with E-state index in [1.54, 1.807) is 24.3 Å². The van der Waals surface area contributed by atoms with Gasteiger partial charge in [0.15, 0.2) is 0 Å². The molecule has 6 nitrogen and oxygen atoms in total. The number of para-hydroxylation sites is 1. The molecule has 1 unspecified atom stereocenters. The number of hydrogen-bond acceptors (Lipinski definition) is 4. The van der Waals surface area contributed by atoms with Gasteiger partial charge in [-0.15, -0.1) is 0 Å². The first-order valence-corrected chi connectivity index (χ1v) is 7.93. The summed E-state index contributed by atoms with van der Waals surface area (Å²) in [5, 5.41) is 15.7. The summed E-state index contributed by atoms with van der Waals surface area (Å²) in [6.45, 7) is 2.00. The molecule has 1 heterocycles. The Balaban J connectivity index is 1.66. The number of carbonyl (C=O) groups is 2. The monoisotopic (exact) mass is 338 g/mol. The van der Waals surface area contributed by atoms with Crippen LogP contribution in [-0.4, -0.2) is 28.8 Å². The summed E-state index contributed by atoms with van der Waals surface area (Å²) in [4.78, 5) is 28.6. The van der Waals surface area contributed by atoms with Gasteiger partial charge in [-0.2, -0.15) is 0 Å². The zero-order valence-electron chi connectivity index (χ0n) is 13.7. The lowest BCUT2D eigenvalue weighted by Crippen LogP contribution is -2.28. The number of aliphatic carboxylic acids is 1. The third-order valence-electron chi connectivity index (χ3n) is 3.96. The van der Waals surface area contributed by atoms with Crippen LogP contribution in [0.1, 0.15) is 23.1 Å². The Morgan fingerprint density at radius 3 is 2.64 bits per heavy atom. The number of nitrogens with one attached hydrogen (secondary N) is 1. The summed E-state index contributed by atoms with van der Waals surface area (Å²) >= 11 is 0. The maximum absolute atomic E-state index is 12.4. The first-order valence-electron chi connectivity index (χ1n) is 7.93. The zero-order chi connectivity index (χ0) is 17.8. The zero-order valence-corrected chi connectivity index (χ0v) is 13.7. The van der Waals surface area contributed by atoms with Crippen LogP contribution in [0.15, 0.2) is 53.7 Å². The highest BCUT2D eigenvalue weighted by Gasteiger charge is 2.29. The van der Waals surface area contributed by atoms with E-state index in [-0.39, 0.29) is 12.3 Å². The van der Waals surface area contributed by atoms with Crippen LogP contribution in [0.25, 0.3) is 0 Å². The van der Waals surface area contributed by atoms with Crippen molar-refractivity contribution < 1.29 is 19.5 Å². The number of carbonyl (C=O) groups excluding carboxylic acids is 1. The van der Waals surface area contributed by atoms with Crippen LogP contribution in [0, 0.1) is 6.92 Å². The quantitative estimate of drug-likeness (QED) is 0.877. The van der Waals surface area contributed by atoms with Crippen molar-refractivity contribution >= 4 is 23.3 Å². The number of oxime groups is 1. The largest absolute Gasteiger partial charge is 0.481 e. The number of carboxylic acid groups (broad SMARTS) is 1. The Labute approximate surface area is 145 Å². The molecular formula is C19H18N2O4. The molecule has 0 spiro atoms. The molecule has 1 atom stereocenters. The van der Waals surface area contributed by atoms with Gasteiger partial charge in [0.1, 0.15) is 0 Å². The van der Waals surface area contributed by atoms with E-state index in [9.17, 15) is 9.59 Å². The highest BCUT2D eigenvalue weighted by Crippen LogP contribution is 2.21. The maximum Gasteiger partial charge on any atom is 0.307 e. The first-order chi connectivity index (χ1) is 12.0. The van der Waals surface area contributed by atoms with Crippen molar-refractivity contribution in [3.8, 4) is 0 Å². The van der Waals surface area contributed by atoms with Gasteiger partial charge in [0, 0.05) is 12.1 Å². The minimum atomic E-state index is -0.955. The van der Waals surface area contributed by atoms with E-state index < -0.39 is 12.1 Å². The maximum atomic E-state index is 12.4. The predicted molar refractivity (Wildman–Crippen MR) is 93.6 cm³/mol. The minimum absolute atomic E-state index is 0.160. The van der Waals surface area contributed by atoms with Crippen molar-refractivity contribution in [1.82, 2.24) is 0 Å². The van der Waals surface area contributed by atoms with E-state index in [0.29, 0.717) is 17.7 Å². The van der Waals surface area contributed by atoms with Crippen LogP contribution in [0.5, 0.6) is 0 Å². The van der Waals surface area contributed by atoms with Crippen molar-refractivity contribution in [2.45, 2.75) is 25.9 Å². The number of benzene rings is 2. The van der Waals surface area contributed by atoms with Gasteiger partial charge in [-0.1, -0.05) is 53.2 Å². The number of rotatable bonds is 5. The van der Waals surface area contributed by atoms with Crippen LogP contribution < -0.4 is 5.32 Å². The van der Waals surface area contributed by atoms with Crippen molar-refractivity contribution in [3.05, 3.63) is 65.2 Å². The van der Waals surface area contributed by atoms with Gasteiger partial charge < -0.3 is 15.3 Å². The van der Waals surface area contributed by atoms with Gasteiger partial charge in [0.2, 0.25) is 6.10 Å². The molecule has 0 aliphatic carbocycles. The van der Waals surface area contributed by atoms with E-state index in [0.717, 1.165) is 16.8 Å². The fourth-order valence-corrected chi connectivity index (χ4v) is 2.61. The summed E-state index contributed by atoms with van der Waals surface area (Å²) in [6, 6.07) is 14.7. The third-order valence-corrected chi connectivity index (χ3v) is 3.96. The van der Waals surface area contributed by atoms with Gasteiger partial charge in [-0.3, -0.25) is 9.59 Å². The van der Waals surface area contributed by atoms with E-state index in [1.165, 1.54) is 0 Å². The summed E-state index contributed by atoms with van der Waals surface area (Å²) in [5.74, 6) is -1.30. The van der Waals surface area contributed by atoms with Crippen molar-refractivity contribution in [1.29, 1.82) is 0 Å². The third kappa shape index (κ3) is 4.03. The molecule has 0 saturated heterocycles. The lowest BCUT2D eigenvalue weighted by molar-refractivity contribution is -0.136. The fraction of sp³-hybridized carbons (Fsp3) is 0.211. The SMILES string of the molecule is Cc1ccc(C2=NOC(C(=O)Nc3ccccc3CC(=O)O)C2)cc1. The van der Waals surface area contributed by atoms with Crippen molar-refractivity contribution in [2.24, 2.45) is 5.16 Å².